The molecule has 0 aromatic heterocycles. The van der Waals surface area contributed by atoms with Crippen LogP contribution in [0.2, 0.25) is 0 Å². The van der Waals surface area contributed by atoms with E-state index in [9.17, 15) is 4.79 Å². The van der Waals surface area contributed by atoms with Crippen molar-refractivity contribution in [3.63, 3.8) is 0 Å². The molecule has 20 heavy (non-hydrogen) atoms. The Morgan fingerprint density at radius 1 is 0.800 bits per heavy atom. The van der Waals surface area contributed by atoms with Crippen molar-refractivity contribution < 1.29 is 4.79 Å². The quantitative estimate of drug-likeness (QED) is 0.689. The Kier molecular flexibility index (Phi) is 6.17. The molecular formula is C19H24O. The van der Waals surface area contributed by atoms with E-state index in [4.69, 9.17) is 0 Å². The Labute approximate surface area is 122 Å². The van der Waals surface area contributed by atoms with Gasteiger partial charge in [-0.05, 0) is 19.4 Å². The van der Waals surface area contributed by atoms with Crippen LogP contribution in [0.4, 0.5) is 0 Å². The molecule has 1 nitrogen and oxygen atoms in total. The summed E-state index contributed by atoms with van der Waals surface area (Å²) in [6.45, 7) is 10.0. The number of carbonyl (C=O) groups excluding carboxylic acids is 1. The Bertz CT molecular complexity index is 535. The summed E-state index contributed by atoms with van der Waals surface area (Å²) in [6.07, 6.45) is 0. The van der Waals surface area contributed by atoms with Gasteiger partial charge in [0.15, 0.2) is 5.78 Å². The van der Waals surface area contributed by atoms with Crippen molar-refractivity contribution in [1.82, 2.24) is 0 Å². The van der Waals surface area contributed by atoms with E-state index in [1.807, 2.05) is 76.2 Å². The molecule has 2 aromatic carbocycles. The van der Waals surface area contributed by atoms with Gasteiger partial charge in [-0.2, -0.15) is 0 Å². The van der Waals surface area contributed by atoms with Crippen LogP contribution in [-0.4, -0.2) is 5.78 Å². The highest BCUT2D eigenvalue weighted by Crippen LogP contribution is 2.21. The number of carbonyl (C=O) groups is 1. The molecule has 2 rings (SSSR count). The van der Waals surface area contributed by atoms with Crippen molar-refractivity contribution in [3.05, 3.63) is 70.8 Å². The van der Waals surface area contributed by atoms with Gasteiger partial charge in [0.05, 0.1) is 0 Å². The van der Waals surface area contributed by atoms with E-state index in [-0.39, 0.29) is 11.7 Å². The molecule has 1 atom stereocenters. The molecule has 0 saturated carbocycles. The van der Waals surface area contributed by atoms with Gasteiger partial charge < -0.3 is 0 Å². The van der Waals surface area contributed by atoms with Crippen molar-refractivity contribution in [1.29, 1.82) is 0 Å². The summed E-state index contributed by atoms with van der Waals surface area (Å²) in [5.41, 5.74) is 4.25. The van der Waals surface area contributed by atoms with Gasteiger partial charge >= 0.3 is 0 Å². The third-order valence-electron chi connectivity index (χ3n) is 3.31. The molecule has 1 heteroatoms. The SMILES string of the molecule is CC.Cc1ccc(C(=O)C(C)c2ccc(C)cc2)cc1. The highest BCUT2D eigenvalue weighted by atomic mass is 16.1. The van der Waals surface area contributed by atoms with Gasteiger partial charge in [0.1, 0.15) is 0 Å². The van der Waals surface area contributed by atoms with E-state index in [2.05, 4.69) is 6.92 Å². The number of hydrogen-bond acceptors (Lipinski definition) is 1. The van der Waals surface area contributed by atoms with Crippen LogP contribution >= 0.6 is 0 Å². The van der Waals surface area contributed by atoms with E-state index < -0.39 is 0 Å². The third-order valence-corrected chi connectivity index (χ3v) is 3.31. The second-order valence-corrected chi connectivity index (χ2v) is 4.86. The molecule has 106 valence electrons. The molecule has 0 aliphatic carbocycles. The van der Waals surface area contributed by atoms with Gasteiger partial charge in [0.2, 0.25) is 0 Å². The van der Waals surface area contributed by atoms with Crippen LogP contribution in [-0.2, 0) is 0 Å². The Morgan fingerprint density at radius 2 is 1.20 bits per heavy atom. The second kappa shape index (κ2) is 7.64. The van der Waals surface area contributed by atoms with Crippen molar-refractivity contribution in [2.45, 2.75) is 40.5 Å². The number of benzene rings is 2. The fraction of sp³-hybridized carbons (Fsp3) is 0.316. The van der Waals surface area contributed by atoms with E-state index in [0.717, 1.165) is 11.1 Å². The van der Waals surface area contributed by atoms with E-state index >= 15 is 0 Å². The molecule has 0 saturated heterocycles. The predicted molar refractivity (Wildman–Crippen MR) is 86.5 cm³/mol. The van der Waals surface area contributed by atoms with Crippen molar-refractivity contribution in [3.8, 4) is 0 Å². The molecule has 0 radical (unpaired) electrons. The zero-order valence-electron chi connectivity index (χ0n) is 13.1. The first-order valence-corrected chi connectivity index (χ1v) is 7.25. The minimum atomic E-state index is -0.0895. The summed E-state index contributed by atoms with van der Waals surface area (Å²) in [4.78, 5) is 12.3. The van der Waals surface area contributed by atoms with Crippen molar-refractivity contribution in [2.75, 3.05) is 0 Å². The standard InChI is InChI=1S/C17H18O.C2H6/c1-12-4-8-15(9-5-12)14(3)17(18)16-10-6-13(2)7-11-16;1-2/h4-11,14H,1-3H3;1-2H3. The van der Waals surface area contributed by atoms with E-state index in [1.165, 1.54) is 11.1 Å². The minimum absolute atomic E-state index is 0.0895. The van der Waals surface area contributed by atoms with Crippen molar-refractivity contribution in [2.24, 2.45) is 0 Å². The van der Waals surface area contributed by atoms with Crippen molar-refractivity contribution >= 4 is 5.78 Å². The minimum Gasteiger partial charge on any atom is -0.294 e. The maximum atomic E-state index is 12.3. The summed E-state index contributed by atoms with van der Waals surface area (Å²) >= 11 is 0. The van der Waals surface area contributed by atoms with Crippen LogP contribution in [0.15, 0.2) is 48.5 Å². The summed E-state index contributed by atoms with van der Waals surface area (Å²) in [5, 5.41) is 0. The summed E-state index contributed by atoms with van der Waals surface area (Å²) in [5.74, 6) is 0.0900. The number of Topliss-reactive ketones (excluding diaryl/α,β-unsaturated/α-hetero) is 1. The summed E-state index contributed by atoms with van der Waals surface area (Å²) in [7, 11) is 0. The fourth-order valence-electron chi connectivity index (χ4n) is 1.97. The lowest BCUT2D eigenvalue weighted by molar-refractivity contribution is 0.0966. The summed E-state index contributed by atoms with van der Waals surface area (Å²) < 4.78 is 0. The third kappa shape index (κ3) is 4.06. The molecule has 2 aromatic rings. The molecule has 0 heterocycles. The number of rotatable bonds is 3. The smallest absolute Gasteiger partial charge is 0.170 e. The lowest BCUT2D eigenvalue weighted by Gasteiger charge is -2.11. The first-order chi connectivity index (χ1) is 9.58. The molecule has 0 fully saturated rings. The Morgan fingerprint density at radius 3 is 1.65 bits per heavy atom. The molecular weight excluding hydrogens is 244 g/mol. The first kappa shape index (κ1) is 16.2. The van der Waals surface area contributed by atoms with Gasteiger partial charge in [0.25, 0.3) is 0 Å². The molecule has 0 bridgehead atoms. The highest BCUT2D eigenvalue weighted by Gasteiger charge is 2.16. The monoisotopic (exact) mass is 268 g/mol. The fourth-order valence-corrected chi connectivity index (χ4v) is 1.97. The van der Waals surface area contributed by atoms with Gasteiger partial charge in [-0.3, -0.25) is 4.79 Å². The van der Waals surface area contributed by atoms with Crippen LogP contribution in [0.5, 0.6) is 0 Å². The average molecular weight is 268 g/mol. The normalized spacial score (nSPS) is 11.2. The van der Waals surface area contributed by atoms with Gasteiger partial charge in [-0.25, -0.2) is 0 Å². The van der Waals surface area contributed by atoms with Crippen LogP contribution in [0, 0.1) is 13.8 Å². The molecule has 0 spiro atoms. The zero-order valence-corrected chi connectivity index (χ0v) is 13.1. The summed E-state index contributed by atoms with van der Waals surface area (Å²) in [6, 6.07) is 15.9. The van der Waals surface area contributed by atoms with Crippen LogP contribution in [0.1, 0.15) is 53.7 Å². The lowest BCUT2D eigenvalue weighted by atomic mass is 9.91. The van der Waals surface area contributed by atoms with Crippen LogP contribution < -0.4 is 0 Å². The molecule has 0 amide bonds. The number of hydrogen-bond donors (Lipinski definition) is 0. The van der Waals surface area contributed by atoms with Crippen LogP contribution in [0.25, 0.3) is 0 Å². The predicted octanol–water partition coefficient (Wildman–Crippen LogP) is 5.32. The Balaban J connectivity index is 0.000000956. The van der Waals surface area contributed by atoms with E-state index in [1.54, 1.807) is 0 Å². The highest BCUT2D eigenvalue weighted by molar-refractivity contribution is 6.00. The largest absolute Gasteiger partial charge is 0.294 e. The zero-order chi connectivity index (χ0) is 15.1. The van der Waals surface area contributed by atoms with Gasteiger partial charge in [0, 0.05) is 11.5 Å². The van der Waals surface area contributed by atoms with Gasteiger partial charge in [-0.15, -0.1) is 0 Å². The number of aryl methyl sites for hydroxylation is 2. The lowest BCUT2D eigenvalue weighted by Crippen LogP contribution is -2.09. The van der Waals surface area contributed by atoms with Crippen LogP contribution in [0.3, 0.4) is 0 Å². The number of ketones is 1. The van der Waals surface area contributed by atoms with Gasteiger partial charge in [-0.1, -0.05) is 80.4 Å². The topological polar surface area (TPSA) is 17.1 Å². The molecule has 0 N–H and O–H groups in total. The molecule has 0 aliphatic rings. The first-order valence-electron chi connectivity index (χ1n) is 7.25. The van der Waals surface area contributed by atoms with E-state index in [0.29, 0.717) is 0 Å². The second-order valence-electron chi connectivity index (χ2n) is 4.86. The molecule has 1 unspecified atom stereocenters. The molecule has 0 aliphatic heterocycles. The maximum Gasteiger partial charge on any atom is 0.170 e. The maximum absolute atomic E-state index is 12.3. The Hall–Kier alpha value is -1.89. The average Bonchev–Trinajstić information content (AvgIpc) is 2.49.